The fourth-order valence-corrected chi connectivity index (χ4v) is 3.05. The third-order valence-electron chi connectivity index (χ3n) is 4.23. The van der Waals surface area contributed by atoms with Crippen molar-refractivity contribution in [1.82, 2.24) is 10.3 Å². The summed E-state index contributed by atoms with van der Waals surface area (Å²) < 4.78 is 5.43. The number of fused-ring (bicyclic) bond motifs is 1. The van der Waals surface area contributed by atoms with E-state index in [-0.39, 0.29) is 23.1 Å². The van der Waals surface area contributed by atoms with Crippen LogP contribution in [0.15, 0.2) is 30.3 Å². The number of nitrogens with zero attached hydrogens (tertiary/aromatic N) is 1. The third-order valence-corrected chi connectivity index (χ3v) is 4.23. The number of carbonyl (C=O) groups excluding carboxylic acids is 3. The van der Waals surface area contributed by atoms with E-state index in [0.717, 1.165) is 16.8 Å². The molecule has 0 saturated carbocycles. The second kappa shape index (κ2) is 7.42. The molecule has 0 aliphatic carbocycles. The highest BCUT2D eigenvalue weighted by atomic mass is 16.6. The Bertz CT molecular complexity index is 961. The zero-order valence-corrected chi connectivity index (χ0v) is 16.4. The van der Waals surface area contributed by atoms with Gasteiger partial charge < -0.3 is 15.4 Å². The van der Waals surface area contributed by atoms with Gasteiger partial charge in [-0.3, -0.25) is 9.59 Å². The number of aromatic nitrogens is 1. The molecule has 0 fully saturated rings. The molecule has 0 saturated heterocycles. The van der Waals surface area contributed by atoms with Crippen molar-refractivity contribution in [2.24, 2.45) is 0 Å². The molecule has 28 heavy (non-hydrogen) atoms. The molecule has 2 heterocycles. The Balaban J connectivity index is 1.98. The molecule has 0 spiro atoms. The summed E-state index contributed by atoms with van der Waals surface area (Å²) in [6, 6.07) is 8.68. The van der Waals surface area contributed by atoms with Crippen LogP contribution >= 0.6 is 0 Å². The van der Waals surface area contributed by atoms with E-state index in [2.05, 4.69) is 15.6 Å². The van der Waals surface area contributed by atoms with Gasteiger partial charge in [0.05, 0.1) is 12.0 Å². The first-order valence-corrected chi connectivity index (χ1v) is 9.03. The molecule has 0 radical (unpaired) electrons. The number of hydrogen-bond acceptors (Lipinski definition) is 5. The van der Waals surface area contributed by atoms with Crippen LogP contribution in [-0.4, -0.2) is 35.4 Å². The second-order valence-electron chi connectivity index (χ2n) is 7.66. The minimum Gasteiger partial charge on any atom is -0.456 e. The maximum atomic E-state index is 12.5. The number of carbonyl (C=O) groups is 3. The van der Waals surface area contributed by atoms with E-state index in [1.54, 1.807) is 26.8 Å². The number of benzene rings is 1. The molecule has 146 valence electrons. The van der Waals surface area contributed by atoms with Crippen LogP contribution in [-0.2, 0) is 22.4 Å². The van der Waals surface area contributed by atoms with Crippen molar-refractivity contribution in [2.45, 2.75) is 39.2 Å². The lowest BCUT2D eigenvalue weighted by Crippen LogP contribution is -2.25. The van der Waals surface area contributed by atoms with Crippen molar-refractivity contribution in [3.63, 3.8) is 0 Å². The first-order chi connectivity index (χ1) is 13.2. The smallest absolute Gasteiger partial charge is 0.338 e. The number of nitrogens with one attached hydrogen (secondary N) is 2. The highest BCUT2D eigenvalue weighted by Gasteiger charge is 2.23. The Morgan fingerprint density at radius 2 is 2.00 bits per heavy atom. The van der Waals surface area contributed by atoms with Crippen LogP contribution in [0.25, 0.3) is 0 Å². The zero-order valence-electron chi connectivity index (χ0n) is 16.4. The minimum absolute atomic E-state index is 0.0519. The molecule has 7 nitrogen and oxygen atoms in total. The van der Waals surface area contributed by atoms with E-state index >= 15 is 0 Å². The summed E-state index contributed by atoms with van der Waals surface area (Å²) in [4.78, 5) is 40.8. The third kappa shape index (κ3) is 4.36. The van der Waals surface area contributed by atoms with Crippen LogP contribution in [0.1, 0.15) is 58.4 Å². The van der Waals surface area contributed by atoms with Crippen molar-refractivity contribution in [1.29, 1.82) is 0 Å². The summed E-state index contributed by atoms with van der Waals surface area (Å²) in [6.45, 7) is 5.35. The molecule has 0 bridgehead atoms. The zero-order chi connectivity index (χ0) is 20.5. The van der Waals surface area contributed by atoms with E-state index in [1.165, 1.54) is 13.1 Å². The molecule has 2 amide bonds. The van der Waals surface area contributed by atoms with Crippen molar-refractivity contribution in [3.05, 3.63) is 58.4 Å². The average molecular weight is 381 g/mol. The van der Waals surface area contributed by atoms with Crippen LogP contribution < -0.4 is 10.6 Å². The molecule has 0 unspecified atom stereocenters. The monoisotopic (exact) mass is 381 g/mol. The maximum absolute atomic E-state index is 12.5. The summed E-state index contributed by atoms with van der Waals surface area (Å²) in [5.74, 6) is -0.956. The van der Waals surface area contributed by atoms with Gasteiger partial charge in [0.25, 0.3) is 5.91 Å². The number of amides is 2. The summed E-state index contributed by atoms with van der Waals surface area (Å²) in [7, 11) is 1.51. The van der Waals surface area contributed by atoms with E-state index in [0.29, 0.717) is 18.5 Å². The van der Waals surface area contributed by atoms with Crippen LogP contribution in [0.3, 0.4) is 0 Å². The normalized spacial score (nSPS) is 12.9. The molecule has 0 atom stereocenters. The van der Waals surface area contributed by atoms with Crippen LogP contribution in [0.5, 0.6) is 0 Å². The molecule has 1 aromatic carbocycles. The largest absolute Gasteiger partial charge is 0.456 e. The van der Waals surface area contributed by atoms with Gasteiger partial charge >= 0.3 is 5.97 Å². The highest BCUT2D eigenvalue weighted by Crippen LogP contribution is 2.28. The van der Waals surface area contributed by atoms with Crippen LogP contribution in [0.4, 0.5) is 5.69 Å². The molecular weight excluding hydrogens is 358 g/mol. The fraction of sp³-hybridized carbons (Fsp3) is 0.333. The van der Waals surface area contributed by atoms with E-state index in [1.807, 2.05) is 18.2 Å². The Morgan fingerprint density at radius 1 is 1.25 bits per heavy atom. The highest BCUT2D eigenvalue weighted by molar-refractivity contribution is 5.99. The first-order valence-electron chi connectivity index (χ1n) is 9.03. The van der Waals surface area contributed by atoms with Gasteiger partial charge in [-0.2, -0.15) is 0 Å². The lowest BCUT2D eigenvalue weighted by Gasteiger charge is -2.20. The predicted octanol–water partition coefficient (Wildman–Crippen LogP) is 2.48. The molecular formula is C21H23N3O4. The van der Waals surface area contributed by atoms with E-state index < -0.39 is 11.6 Å². The van der Waals surface area contributed by atoms with E-state index in [9.17, 15) is 14.4 Å². The number of rotatable bonds is 4. The van der Waals surface area contributed by atoms with Gasteiger partial charge in [0.2, 0.25) is 5.91 Å². The first kappa shape index (κ1) is 19.5. The summed E-state index contributed by atoms with van der Waals surface area (Å²) in [5, 5.41) is 5.35. The summed E-state index contributed by atoms with van der Waals surface area (Å²) in [5.41, 5.74) is 2.93. The SMILES string of the molecule is CNC(=O)c1cc(C(=O)OC(C)(C)C)cc(Cc2cccc3c2CC(=O)N3)n1. The van der Waals surface area contributed by atoms with Gasteiger partial charge in [0.1, 0.15) is 11.3 Å². The molecule has 1 aliphatic heterocycles. The van der Waals surface area contributed by atoms with Crippen molar-refractivity contribution in [3.8, 4) is 0 Å². The molecule has 3 rings (SSSR count). The molecule has 1 aromatic heterocycles. The van der Waals surface area contributed by atoms with Crippen molar-refractivity contribution in [2.75, 3.05) is 12.4 Å². The number of pyridine rings is 1. The van der Waals surface area contributed by atoms with Gasteiger partial charge in [-0.05, 0) is 50.1 Å². The average Bonchev–Trinajstić information content (AvgIpc) is 3.00. The van der Waals surface area contributed by atoms with Crippen LogP contribution in [0, 0.1) is 0 Å². The van der Waals surface area contributed by atoms with Crippen LogP contribution in [0.2, 0.25) is 0 Å². The number of hydrogen-bond donors (Lipinski definition) is 2. The van der Waals surface area contributed by atoms with Gasteiger partial charge in [0, 0.05) is 24.8 Å². The van der Waals surface area contributed by atoms with Gasteiger partial charge in [-0.1, -0.05) is 12.1 Å². The van der Waals surface area contributed by atoms with Crippen molar-refractivity contribution < 1.29 is 19.1 Å². The van der Waals surface area contributed by atoms with Gasteiger partial charge in [-0.15, -0.1) is 0 Å². The van der Waals surface area contributed by atoms with E-state index in [4.69, 9.17) is 4.74 Å². The fourth-order valence-electron chi connectivity index (χ4n) is 3.05. The standard InChI is InChI=1S/C21H23N3O4/c1-21(2,3)28-20(27)13-9-14(23-17(10-13)19(26)22-4)8-12-6-5-7-16-15(12)11-18(25)24-16/h5-7,9-10H,8,11H2,1-4H3,(H,22,26)(H,24,25). The second-order valence-corrected chi connectivity index (χ2v) is 7.66. The minimum atomic E-state index is -0.653. The lowest BCUT2D eigenvalue weighted by atomic mass is 9.99. The summed E-state index contributed by atoms with van der Waals surface area (Å²) in [6.07, 6.45) is 0.693. The number of esters is 1. The van der Waals surface area contributed by atoms with Gasteiger partial charge in [0.15, 0.2) is 0 Å². The molecule has 1 aliphatic rings. The molecule has 2 aromatic rings. The topological polar surface area (TPSA) is 97.4 Å². The van der Waals surface area contributed by atoms with Crippen molar-refractivity contribution >= 4 is 23.5 Å². The molecule has 7 heteroatoms. The Hall–Kier alpha value is -3.22. The maximum Gasteiger partial charge on any atom is 0.338 e. The molecule has 2 N–H and O–H groups in total. The van der Waals surface area contributed by atoms with Gasteiger partial charge in [-0.25, -0.2) is 9.78 Å². The Morgan fingerprint density at radius 3 is 2.68 bits per heavy atom. The number of ether oxygens (including phenoxy) is 1. The number of anilines is 1. The Kier molecular flexibility index (Phi) is 5.18. The Labute approximate surface area is 163 Å². The predicted molar refractivity (Wildman–Crippen MR) is 104 cm³/mol. The quantitative estimate of drug-likeness (QED) is 0.793. The summed E-state index contributed by atoms with van der Waals surface area (Å²) >= 11 is 0. The lowest BCUT2D eigenvalue weighted by molar-refractivity contribution is -0.115.